The molecule has 0 bridgehead atoms. The van der Waals surface area contributed by atoms with Gasteiger partial charge in [-0.15, -0.1) is 0 Å². The van der Waals surface area contributed by atoms with Gasteiger partial charge in [-0.2, -0.15) is 0 Å². The van der Waals surface area contributed by atoms with E-state index in [1.807, 2.05) is 0 Å². The first-order chi connectivity index (χ1) is 11.0. The molecule has 1 heterocycles. The highest BCUT2D eigenvalue weighted by Crippen LogP contribution is 2.33. The Morgan fingerprint density at radius 3 is 2.39 bits per heavy atom. The quantitative estimate of drug-likeness (QED) is 0.681. The maximum Gasteiger partial charge on any atom is 0.197 e. The van der Waals surface area contributed by atoms with Crippen LogP contribution >= 0.6 is 23.2 Å². The first-order valence-electron chi connectivity index (χ1n) is 6.69. The molecule has 23 heavy (non-hydrogen) atoms. The minimum Gasteiger partial charge on any atom is -0.496 e. The van der Waals surface area contributed by atoms with Crippen molar-refractivity contribution in [2.24, 2.45) is 0 Å². The van der Waals surface area contributed by atoms with Crippen molar-refractivity contribution < 1.29 is 13.9 Å². The highest BCUT2D eigenvalue weighted by Gasteiger charge is 2.14. The zero-order valence-electron chi connectivity index (χ0n) is 12.4. The Bertz CT molecular complexity index is 947. The molecule has 0 saturated heterocycles. The van der Waals surface area contributed by atoms with E-state index < -0.39 is 0 Å². The molecule has 0 aliphatic rings. The average molecular weight is 351 g/mol. The van der Waals surface area contributed by atoms with Crippen LogP contribution in [0, 0.1) is 0 Å². The fourth-order valence-electron chi connectivity index (χ4n) is 2.30. The molecule has 0 aliphatic heterocycles. The summed E-state index contributed by atoms with van der Waals surface area (Å²) in [5.74, 6) is 1.31. The molecule has 3 aromatic rings. The molecular formula is C17H12Cl2O4. The van der Waals surface area contributed by atoms with Gasteiger partial charge in [0.05, 0.1) is 24.3 Å². The molecule has 0 radical (unpaired) electrons. The summed E-state index contributed by atoms with van der Waals surface area (Å²) in [6.07, 6.45) is 0. The van der Waals surface area contributed by atoms with E-state index in [1.54, 1.807) is 30.3 Å². The molecular weight excluding hydrogens is 339 g/mol. The van der Waals surface area contributed by atoms with Crippen molar-refractivity contribution in [1.29, 1.82) is 0 Å². The number of ether oxygens (including phenoxy) is 2. The molecule has 0 atom stereocenters. The van der Waals surface area contributed by atoms with E-state index in [4.69, 9.17) is 37.1 Å². The summed E-state index contributed by atoms with van der Waals surface area (Å²) >= 11 is 11.9. The number of halogens is 2. The standard InChI is InChI=1S/C17H12Cl2O4/c1-21-10-6-15(22-2)17-13(20)8-14(23-16(17)7-10)9-3-4-11(18)12(19)5-9/h3-8H,1-2H3. The lowest BCUT2D eigenvalue weighted by Gasteiger charge is -2.09. The Kier molecular flexibility index (Phi) is 4.20. The predicted octanol–water partition coefficient (Wildman–Crippen LogP) is 4.78. The van der Waals surface area contributed by atoms with Gasteiger partial charge in [0, 0.05) is 23.8 Å². The van der Waals surface area contributed by atoms with Crippen LogP contribution in [0.15, 0.2) is 45.6 Å². The maximum atomic E-state index is 12.5. The van der Waals surface area contributed by atoms with Gasteiger partial charge in [0.15, 0.2) is 5.43 Å². The van der Waals surface area contributed by atoms with E-state index in [-0.39, 0.29) is 5.43 Å². The number of fused-ring (bicyclic) bond motifs is 1. The largest absolute Gasteiger partial charge is 0.496 e. The Morgan fingerprint density at radius 1 is 0.957 bits per heavy atom. The maximum absolute atomic E-state index is 12.5. The van der Waals surface area contributed by atoms with Gasteiger partial charge in [0.2, 0.25) is 0 Å². The molecule has 2 aromatic carbocycles. The monoisotopic (exact) mass is 350 g/mol. The molecule has 0 saturated carbocycles. The van der Waals surface area contributed by atoms with E-state index in [1.165, 1.54) is 20.3 Å². The van der Waals surface area contributed by atoms with Gasteiger partial charge in [-0.3, -0.25) is 4.79 Å². The minimum atomic E-state index is -0.216. The van der Waals surface area contributed by atoms with Crippen molar-refractivity contribution in [2.75, 3.05) is 14.2 Å². The molecule has 0 N–H and O–H groups in total. The Hall–Kier alpha value is -2.17. The first kappa shape index (κ1) is 15.7. The summed E-state index contributed by atoms with van der Waals surface area (Å²) in [6.45, 7) is 0. The van der Waals surface area contributed by atoms with E-state index in [0.717, 1.165) is 0 Å². The lowest BCUT2D eigenvalue weighted by molar-refractivity contribution is 0.396. The fourth-order valence-corrected chi connectivity index (χ4v) is 2.60. The molecule has 0 amide bonds. The molecule has 6 heteroatoms. The van der Waals surface area contributed by atoms with Gasteiger partial charge in [0.25, 0.3) is 0 Å². The van der Waals surface area contributed by atoms with Gasteiger partial charge >= 0.3 is 0 Å². The fraction of sp³-hybridized carbons (Fsp3) is 0.118. The van der Waals surface area contributed by atoms with Gasteiger partial charge in [-0.25, -0.2) is 0 Å². The van der Waals surface area contributed by atoms with Crippen LogP contribution in [0.5, 0.6) is 11.5 Å². The van der Waals surface area contributed by atoms with Crippen molar-refractivity contribution in [3.8, 4) is 22.8 Å². The molecule has 4 nitrogen and oxygen atoms in total. The van der Waals surface area contributed by atoms with Crippen LogP contribution in [-0.2, 0) is 0 Å². The number of hydrogen-bond donors (Lipinski definition) is 0. The van der Waals surface area contributed by atoms with Crippen LogP contribution in [0.1, 0.15) is 0 Å². The second-order valence-electron chi connectivity index (χ2n) is 4.81. The van der Waals surface area contributed by atoms with Crippen LogP contribution < -0.4 is 14.9 Å². The smallest absolute Gasteiger partial charge is 0.197 e. The van der Waals surface area contributed by atoms with Crippen molar-refractivity contribution >= 4 is 34.2 Å². The molecule has 3 rings (SSSR count). The third-order valence-electron chi connectivity index (χ3n) is 3.43. The first-order valence-corrected chi connectivity index (χ1v) is 7.44. The lowest BCUT2D eigenvalue weighted by atomic mass is 10.1. The average Bonchev–Trinajstić information content (AvgIpc) is 2.55. The van der Waals surface area contributed by atoms with Crippen molar-refractivity contribution in [3.63, 3.8) is 0 Å². The highest BCUT2D eigenvalue weighted by molar-refractivity contribution is 6.42. The molecule has 0 aliphatic carbocycles. The number of benzene rings is 2. The second-order valence-corrected chi connectivity index (χ2v) is 5.62. The van der Waals surface area contributed by atoms with Crippen LogP contribution in [0.2, 0.25) is 10.0 Å². The topological polar surface area (TPSA) is 48.7 Å². The molecule has 0 spiro atoms. The van der Waals surface area contributed by atoms with Crippen LogP contribution in [0.4, 0.5) is 0 Å². The Balaban J connectivity index is 2.28. The molecule has 1 aromatic heterocycles. The number of hydrogen-bond acceptors (Lipinski definition) is 4. The normalized spacial score (nSPS) is 10.8. The van der Waals surface area contributed by atoms with E-state index in [9.17, 15) is 4.79 Å². The predicted molar refractivity (Wildman–Crippen MR) is 91.0 cm³/mol. The van der Waals surface area contributed by atoms with Crippen molar-refractivity contribution in [3.05, 3.63) is 56.7 Å². The highest BCUT2D eigenvalue weighted by atomic mass is 35.5. The van der Waals surface area contributed by atoms with Crippen LogP contribution in [0.25, 0.3) is 22.3 Å². The third-order valence-corrected chi connectivity index (χ3v) is 4.17. The van der Waals surface area contributed by atoms with Gasteiger partial charge in [0.1, 0.15) is 28.2 Å². The zero-order chi connectivity index (χ0) is 16.6. The van der Waals surface area contributed by atoms with Gasteiger partial charge in [-0.1, -0.05) is 23.2 Å². The summed E-state index contributed by atoms with van der Waals surface area (Å²) in [5, 5.41) is 1.18. The third kappa shape index (κ3) is 2.87. The summed E-state index contributed by atoms with van der Waals surface area (Å²) in [5.41, 5.74) is 0.807. The van der Waals surface area contributed by atoms with Gasteiger partial charge < -0.3 is 13.9 Å². The van der Waals surface area contributed by atoms with Crippen molar-refractivity contribution in [1.82, 2.24) is 0 Å². The summed E-state index contributed by atoms with van der Waals surface area (Å²) in [7, 11) is 3.02. The molecule has 118 valence electrons. The SMILES string of the molecule is COc1cc(OC)c2c(=O)cc(-c3ccc(Cl)c(Cl)c3)oc2c1. The summed E-state index contributed by atoms with van der Waals surface area (Å²) in [6, 6.07) is 9.70. The Labute approximate surface area is 142 Å². The molecule has 0 fully saturated rings. The summed E-state index contributed by atoms with van der Waals surface area (Å²) < 4.78 is 16.3. The van der Waals surface area contributed by atoms with Crippen LogP contribution in [-0.4, -0.2) is 14.2 Å². The van der Waals surface area contributed by atoms with Crippen molar-refractivity contribution in [2.45, 2.75) is 0 Å². The number of rotatable bonds is 3. The van der Waals surface area contributed by atoms with E-state index in [2.05, 4.69) is 0 Å². The van der Waals surface area contributed by atoms with E-state index >= 15 is 0 Å². The lowest BCUT2D eigenvalue weighted by Crippen LogP contribution is -2.03. The zero-order valence-corrected chi connectivity index (χ0v) is 13.9. The minimum absolute atomic E-state index is 0.216. The second kappa shape index (κ2) is 6.14. The van der Waals surface area contributed by atoms with Gasteiger partial charge in [-0.05, 0) is 18.2 Å². The van der Waals surface area contributed by atoms with E-state index in [0.29, 0.717) is 43.8 Å². The summed E-state index contributed by atoms with van der Waals surface area (Å²) in [4.78, 5) is 12.5. The molecule has 0 unspecified atom stereocenters. The Morgan fingerprint density at radius 2 is 1.74 bits per heavy atom. The number of methoxy groups -OCH3 is 2. The van der Waals surface area contributed by atoms with Crippen LogP contribution in [0.3, 0.4) is 0 Å².